The Labute approximate surface area is 118 Å². The van der Waals surface area contributed by atoms with E-state index in [1.165, 1.54) is 16.5 Å². The zero-order chi connectivity index (χ0) is 13.8. The van der Waals surface area contributed by atoms with E-state index in [2.05, 4.69) is 57.2 Å². The van der Waals surface area contributed by atoms with Crippen molar-refractivity contribution < 1.29 is 0 Å². The van der Waals surface area contributed by atoms with Crippen molar-refractivity contribution in [1.29, 1.82) is 0 Å². The molecule has 4 heteroatoms. The molecule has 1 N–H and O–H groups in total. The Morgan fingerprint density at radius 1 is 1.10 bits per heavy atom. The van der Waals surface area contributed by atoms with Crippen LogP contribution in [-0.4, -0.2) is 21.1 Å². The number of para-hydroxylation sites is 1. The predicted octanol–water partition coefficient (Wildman–Crippen LogP) is 2.59. The molecule has 0 fully saturated rings. The van der Waals surface area contributed by atoms with Crippen molar-refractivity contribution in [2.45, 2.75) is 20.0 Å². The first-order chi connectivity index (χ1) is 9.88. The second-order valence-corrected chi connectivity index (χ2v) is 4.74. The molecule has 2 aromatic heterocycles. The lowest BCUT2D eigenvalue weighted by atomic mass is 10.1. The van der Waals surface area contributed by atoms with Crippen LogP contribution in [0.15, 0.2) is 48.9 Å². The molecule has 3 rings (SSSR count). The third-order valence-corrected chi connectivity index (χ3v) is 3.37. The Kier molecular flexibility index (Phi) is 3.74. The van der Waals surface area contributed by atoms with Crippen LogP contribution in [0, 0.1) is 0 Å². The van der Waals surface area contributed by atoms with Gasteiger partial charge in [0, 0.05) is 25.1 Å². The Balaban J connectivity index is 1.98. The van der Waals surface area contributed by atoms with E-state index in [9.17, 15) is 0 Å². The van der Waals surface area contributed by atoms with Gasteiger partial charge < -0.3 is 9.88 Å². The molecule has 0 saturated carbocycles. The first kappa shape index (κ1) is 12.8. The fourth-order valence-electron chi connectivity index (χ4n) is 2.44. The molecule has 102 valence electrons. The highest BCUT2D eigenvalue weighted by atomic mass is 15.0. The summed E-state index contributed by atoms with van der Waals surface area (Å²) in [4.78, 5) is 8.61. The molecule has 0 aliphatic carbocycles. The third-order valence-electron chi connectivity index (χ3n) is 3.37. The van der Waals surface area contributed by atoms with Gasteiger partial charge in [0.05, 0.1) is 12.1 Å². The summed E-state index contributed by atoms with van der Waals surface area (Å²) in [5, 5.41) is 4.65. The maximum absolute atomic E-state index is 4.30. The molecule has 20 heavy (non-hydrogen) atoms. The summed E-state index contributed by atoms with van der Waals surface area (Å²) in [7, 11) is 0. The normalized spacial score (nSPS) is 11.1. The van der Waals surface area contributed by atoms with Crippen molar-refractivity contribution in [3.63, 3.8) is 0 Å². The number of benzene rings is 1. The summed E-state index contributed by atoms with van der Waals surface area (Å²) in [6.07, 6.45) is 5.68. The summed E-state index contributed by atoms with van der Waals surface area (Å²) in [5.41, 5.74) is 2.58. The van der Waals surface area contributed by atoms with Crippen LogP contribution < -0.4 is 5.32 Å². The van der Waals surface area contributed by atoms with E-state index in [0.717, 1.165) is 18.9 Å². The van der Waals surface area contributed by atoms with Gasteiger partial charge in [-0.3, -0.25) is 0 Å². The monoisotopic (exact) mass is 266 g/mol. The molecule has 0 bridgehead atoms. The van der Waals surface area contributed by atoms with Crippen molar-refractivity contribution in [3.05, 3.63) is 60.3 Å². The SMILES string of the molecule is CCNCc1cccc2ccn(Cc3ncccn3)c12. The lowest BCUT2D eigenvalue weighted by Gasteiger charge is -2.09. The minimum absolute atomic E-state index is 0.702. The highest BCUT2D eigenvalue weighted by Gasteiger charge is 2.07. The van der Waals surface area contributed by atoms with Crippen LogP contribution >= 0.6 is 0 Å². The Bertz CT molecular complexity index is 688. The van der Waals surface area contributed by atoms with E-state index in [0.29, 0.717) is 6.54 Å². The minimum atomic E-state index is 0.702. The van der Waals surface area contributed by atoms with E-state index < -0.39 is 0 Å². The predicted molar refractivity (Wildman–Crippen MR) is 80.5 cm³/mol. The van der Waals surface area contributed by atoms with Crippen LogP contribution in [0.3, 0.4) is 0 Å². The highest BCUT2D eigenvalue weighted by Crippen LogP contribution is 2.21. The fourth-order valence-corrected chi connectivity index (χ4v) is 2.44. The molecular weight excluding hydrogens is 248 g/mol. The van der Waals surface area contributed by atoms with Crippen molar-refractivity contribution in [1.82, 2.24) is 19.9 Å². The van der Waals surface area contributed by atoms with Gasteiger partial charge in [0.1, 0.15) is 5.82 Å². The zero-order valence-electron chi connectivity index (χ0n) is 11.6. The number of nitrogens with one attached hydrogen (secondary N) is 1. The standard InChI is InChI=1S/C16H18N4/c1-2-17-11-14-6-3-5-13-7-10-20(16(13)14)12-15-18-8-4-9-19-15/h3-10,17H,2,11-12H2,1H3. The minimum Gasteiger partial charge on any atom is -0.340 e. The molecule has 0 atom stereocenters. The van der Waals surface area contributed by atoms with Crippen LogP contribution in [0.5, 0.6) is 0 Å². The average Bonchev–Trinajstić information content (AvgIpc) is 2.90. The van der Waals surface area contributed by atoms with Crippen LogP contribution in [0.4, 0.5) is 0 Å². The molecule has 1 aromatic carbocycles. The summed E-state index contributed by atoms with van der Waals surface area (Å²) in [5.74, 6) is 0.836. The smallest absolute Gasteiger partial charge is 0.147 e. The molecule has 0 spiro atoms. The van der Waals surface area contributed by atoms with Crippen LogP contribution in [0.25, 0.3) is 10.9 Å². The number of hydrogen-bond acceptors (Lipinski definition) is 3. The third kappa shape index (κ3) is 2.56. The van der Waals surface area contributed by atoms with Gasteiger partial charge in [-0.15, -0.1) is 0 Å². The lowest BCUT2D eigenvalue weighted by Crippen LogP contribution is -2.13. The summed E-state index contributed by atoms with van der Waals surface area (Å²) >= 11 is 0. The lowest BCUT2D eigenvalue weighted by molar-refractivity contribution is 0.719. The summed E-state index contributed by atoms with van der Waals surface area (Å²) in [6.45, 7) is 4.68. The maximum Gasteiger partial charge on any atom is 0.147 e. The van der Waals surface area contributed by atoms with Gasteiger partial charge in [-0.1, -0.05) is 25.1 Å². The van der Waals surface area contributed by atoms with Crippen molar-refractivity contribution >= 4 is 10.9 Å². The largest absolute Gasteiger partial charge is 0.340 e. The summed E-state index contributed by atoms with van der Waals surface area (Å²) < 4.78 is 2.22. The molecule has 0 aliphatic heterocycles. The number of rotatable bonds is 5. The Morgan fingerprint density at radius 3 is 2.75 bits per heavy atom. The average molecular weight is 266 g/mol. The molecule has 0 saturated heterocycles. The molecule has 3 aromatic rings. The number of aromatic nitrogens is 3. The second kappa shape index (κ2) is 5.84. The van der Waals surface area contributed by atoms with E-state index >= 15 is 0 Å². The van der Waals surface area contributed by atoms with E-state index in [1.807, 2.05) is 6.07 Å². The van der Waals surface area contributed by atoms with Gasteiger partial charge in [-0.25, -0.2) is 9.97 Å². The molecular formula is C16H18N4. The highest BCUT2D eigenvalue weighted by molar-refractivity contribution is 5.83. The summed E-state index contributed by atoms with van der Waals surface area (Å²) in [6, 6.07) is 10.4. The van der Waals surface area contributed by atoms with Gasteiger partial charge in [0.2, 0.25) is 0 Å². The van der Waals surface area contributed by atoms with E-state index in [-0.39, 0.29) is 0 Å². The fraction of sp³-hybridized carbons (Fsp3) is 0.250. The van der Waals surface area contributed by atoms with Crippen LogP contribution in [-0.2, 0) is 13.1 Å². The first-order valence-electron chi connectivity index (χ1n) is 6.92. The van der Waals surface area contributed by atoms with Gasteiger partial charge in [-0.05, 0) is 29.6 Å². The Morgan fingerprint density at radius 2 is 1.95 bits per heavy atom. The molecule has 0 aliphatic rings. The zero-order valence-corrected chi connectivity index (χ0v) is 11.6. The second-order valence-electron chi connectivity index (χ2n) is 4.74. The quantitative estimate of drug-likeness (QED) is 0.772. The number of nitrogens with zero attached hydrogens (tertiary/aromatic N) is 3. The van der Waals surface area contributed by atoms with E-state index in [4.69, 9.17) is 0 Å². The maximum atomic E-state index is 4.30. The van der Waals surface area contributed by atoms with E-state index in [1.54, 1.807) is 12.4 Å². The van der Waals surface area contributed by atoms with Crippen LogP contribution in [0.1, 0.15) is 18.3 Å². The molecule has 2 heterocycles. The molecule has 0 radical (unpaired) electrons. The number of fused-ring (bicyclic) bond motifs is 1. The topological polar surface area (TPSA) is 42.7 Å². The molecule has 0 amide bonds. The van der Waals surface area contributed by atoms with Crippen molar-refractivity contribution in [2.24, 2.45) is 0 Å². The van der Waals surface area contributed by atoms with Gasteiger partial charge >= 0.3 is 0 Å². The van der Waals surface area contributed by atoms with Gasteiger partial charge in [0.15, 0.2) is 0 Å². The van der Waals surface area contributed by atoms with Crippen LogP contribution in [0.2, 0.25) is 0 Å². The van der Waals surface area contributed by atoms with Crippen molar-refractivity contribution in [3.8, 4) is 0 Å². The Hall–Kier alpha value is -2.20. The van der Waals surface area contributed by atoms with Crippen molar-refractivity contribution in [2.75, 3.05) is 6.54 Å². The van der Waals surface area contributed by atoms with Gasteiger partial charge in [-0.2, -0.15) is 0 Å². The molecule has 0 unspecified atom stereocenters. The molecule has 4 nitrogen and oxygen atoms in total. The van der Waals surface area contributed by atoms with Gasteiger partial charge in [0.25, 0.3) is 0 Å². The number of hydrogen-bond donors (Lipinski definition) is 1. The first-order valence-corrected chi connectivity index (χ1v) is 6.92.